The Morgan fingerprint density at radius 1 is 0.963 bits per heavy atom. The molecule has 3 aromatic rings. The molecule has 3 aromatic carbocycles. The second-order valence-corrected chi connectivity index (χ2v) is 7.94. The Kier molecular flexibility index (Phi) is 5.60. The van der Waals surface area contributed by atoms with E-state index in [2.05, 4.69) is 5.32 Å². The van der Waals surface area contributed by atoms with Gasteiger partial charge in [-0.3, -0.25) is 4.79 Å². The third kappa shape index (κ3) is 4.95. The molecule has 0 saturated carbocycles. The lowest BCUT2D eigenvalue weighted by Crippen LogP contribution is -2.17. The van der Waals surface area contributed by atoms with Crippen LogP contribution in [-0.4, -0.2) is 14.3 Å². The van der Waals surface area contributed by atoms with Crippen molar-refractivity contribution >= 4 is 33.2 Å². The zero-order chi connectivity index (χ0) is 19.4. The molecule has 0 heterocycles. The summed E-state index contributed by atoms with van der Waals surface area (Å²) in [7, 11) is -3.97. The second kappa shape index (κ2) is 7.92. The summed E-state index contributed by atoms with van der Waals surface area (Å²) in [6, 6.07) is 20.7. The molecule has 0 aliphatic heterocycles. The van der Waals surface area contributed by atoms with E-state index in [-0.39, 0.29) is 17.2 Å². The minimum atomic E-state index is -3.97. The van der Waals surface area contributed by atoms with E-state index in [1.165, 1.54) is 6.07 Å². The minimum absolute atomic E-state index is 0.0470. The summed E-state index contributed by atoms with van der Waals surface area (Å²) in [4.78, 5) is 12.2. The quantitative estimate of drug-likeness (QED) is 0.681. The fourth-order valence-corrected chi connectivity index (χ4v) is 3.73. The van der Waals surface area contributed by atoms with Gasteiger partial charge in [-0.15, -0.1) is 0 Å². The van der Waals surface area contributed by atoms with Crippen LogP contribution in [0, 0.1) is 0 Å². The van der Waals surface area contributed by atoms with Crippen LogP contribution in [0.3, 0.4) is 0 Å². The Bertz CT molecular complexity index is 1080. The summed E-state index contributed by atoms with van der Waals surface area (Å²) < 4.78 is 24.1. The van der Waals surface area contributed by atoms with Crippen LogP contribution in [0.15, 0.2) is 77.7 Å². The highest BCUT2D eigenvalue weighted by Crippen LogP contribution is 2.29. The van der Waals surface area contributed by atoms with Crippen molar-refractivity contribution < 1.29 is 13.2 Å². The first-order chi connectivity index (χ1) is 12.8. The van der Waals surface area contributed by atoms with Gasteiger partial charge in [0, 0.05) is 16.3 Å². The van der Waals surface area contributed by atoms with Crippen molar-refractivity contribution in [2.45, 2.75) is 11.3 Å². The van der Waals surface area contributed by atoms with Gasteiger partial charge in [0.2, 0.25) is 15.9 Å². The molecule has 0 unspecified atom stereocenters. The van der Waals surface area contributed by atoms with E-state index in [4.69, 9.17) is 16.7 Å². The number of nitrogens with one attached hydrogen (secondary N) is 1. The highest BCUT2D eigenvalue weighted by molar-refractivity contribution is 7.89. The Morgan fingerprint density at radius 3 is 2.37 bits per heavy atom. The van der Waals surface area contributed by atoms with E-state index in [0.29, 0.717) is 16.3 Å². The predicted octanol–water partition coefficient (Wildman–Crippen LogP) is 3.84. The minimum Gasteiger partial charge on any atom is -0.326 e. The number of amides is 1. The highest BCUT2D eigenvalue weighted by Gasteiger charge is 2.17. The first kappa shape index (κ1) is 19.1. The van der Waals surface area contributed by atoms with Gasteiger partial charge < -0.3 is 5.32 Å². The molecule has 0 aromatic heterocycles. The van der Waals surface area contributed by atoms with Gasteiger partial charge in [0.1, 0.15) is 0 Å². The third-order valence-corrected chi connectivity index (χ3v) is 5.10. The van der Waals surface area contributed by atoms with Gasteiger partial charge in [-0.05, 0) is 35.4 Å². The molecule has 0 saturated heterocycles. The van der Waals surface area contributed by atoms with E-state index < -0.39 is 10.0 Å². The molecule has 0 radical (unpaired) electrons. The molecular formula is C20H17ClN2O3S. The van der Waals surface area contributed by atoms with Gasteiger partial charge in [-0.1, -0.05) is 60.1 Å². The van der Waals surface area contributed by atoms with E-state index in [0.717, 1.165) is 11.1 Å². The van der Waals surface area contributed by atoms with Gasteiger partial charge >= 0.3 is 0 Å². The summed E-state index contributed by atoms with van der Waals surface area (Å²) in [5, 5.41) is 8.62. The van der Waals surface area contributed by atoms with Crippen LogP contribution in [0.1, 0.15) is 5.56 Å². The maximum absolute atomic E-state index is 12.3. The number of hydrogen-bond acceptors (Lipinski definition) is 3. The number of anilines is 1. The number of benzene rings is 3. The summed E-state index contributed by atoms with van der Waals surface area (Å²) >= 11 is 5.92. The zero-order valence-corrected chi connectivity index (χ0v) is 15.8. The molecule has 7 heteroatoms. The van der Waals surface area contributed by atoms with Crippen molar-refractivity contribution in [1.82, 2.24) is 0 Å². The Morgan fingerprint density at radius 2 is 1.70 bits per heavy atom. The van der Waals surface area contributed by atoms with Crippen molar-refractivity contribution in [3.63, 3.8) is 0 Å². The van der Waals surface area contributed by atoms with Crippen LogP contribution in [-0.2, 0) is 21.2 Å². The van der Waals surface area contributed by atoms with Gasteiger partial charge in [0.05, 0.1) is 11.3 Å². The number of halogens is 1. The maximum Gasteiger partial charge on any atom is 0.238 e. The maximum atomic E-state index is 12.3. The number of rotatable bonds is 5. The lowest BCUT2D eigenvalue weighted by Gasteiger charge is -2.12. The van der Waals surface area contributed by atoms with Crippen molar-refractivity contribution in [2.24, 2.45) is 5.14 Å². The van der Waals surface area contributed by atoms with E-state index >= 15 is 0 Å². The molecule has 3 N–H and O–H groups in total. The van der Waals surface area contributed by atoms with Gasteiger partial charge in [-0.25, -0.2) is 13.6 Å². The number of carbonyl (C=O) groups is 1. The SMILES string of the molecule is NS(=O)(=O)c1cc(NC(=O)Cc2cccc(Cl)c2)ccc1-c1ccccc1. The average Bonchev–Trinajstić information content (AvgIpc) is 2.61. The molecular weight excluding hydrogens is 384 g/mol. The van der Waals surface area contributed by atoms with Crippen molar-refractivity contribution in [2.75, 3.05) is 5.32 Å². The predicted molar refractivity (Wildman–Crippen MR) is 107 cm³/mol. The molecule has 138 valence electrons. The van der Waals surface area contributed by atoms with Crippen LogP contribution >= 0.6 is 11.6 Å². The van der Waals surface area contributed by atoms with Crippen molar-refractivity contribution in [1.29, 1.82) is 0 Å². The number of sulfonamides is 1. The molecule has 1 amide bonds. The van der Waals surface area contributed by atoms with E-state index in [1.54, 1.807) is 48.5 Å². The summed E-state index contributed by atoms with van der Waals surface area (Å²) in [6.45, 7) is 0. The molecule has 0 spiro atoms. The Labute approximate surface area is 162 Å². The topological polar surface area (TPSA) is 89.3 Å². The number of carbonyl (C=O) groups excluding carboxylic acids is 1. The Hall–Kier alpha value is -2.67. The standard InChI is InChI=1S/C20H17ClN2O3S/c21-16-8-4-5-14(11-16)12-20(24)23-17-9-10-18(15-6-2-1-3-7-15)19(13-17)27(22,25)26/h1-11,13H,12H2,(H,23,24)(H2,22,25,26). The van der Waals surface area contributed by atoms with Gasteiger partial charge in [0.15, 0.2) is 0 Å². The molecule has 5 nitrogen and oxygen atoms in total. The number of hydrogen-bond donors (Lipinski definition) is 2. The normalized spacial score (nSPS) is 11.2. The van der Waals surface area contributed by atoms with E-state index in [9.17, 15) is 13.2 Å². The summed E-state index contributed by atoms with van der Waals surface area (Å²) in [6.07, 6.45) is 0.117. The monoisotopic (exact) mass is 400 g/mol. The molecule has 0 aliphatic rings. The summed E-state index contributed by atoms with van der Waals surface area (Å²) in [5.74, 6) is -0.287. The first-order valence-corrected chi connectivity index (χ1v) is 10.0. The smallest absolute Gasteiger partial charge is 0.238 e. The van der Waals surface area contributed by atoms with Gasteiger partial charge in [-0.2, -0.15) is 0 Å². The molecule has 0 fully saturated rings. The first-order valence-electron chi connectivity index (χ1n) is 8.09. The zero-order valence-electron chi connectivity index (χ0n) is 14.2. The fourth-order valence-electron chi connectivity index (χ4n) is 2.73. The largest absolute Gasteiger partial charge is 0.326 e. The van der Waals surface area contributed by atoms with Crippen LogP contribution < -0.4 is 10.5 Å². The van der Waals surface area contributed by atoms with Crippen LogP contribution in [0.5, 0.6) is 0 Å². The van der Waals surface area contributed by atoms with Crippen LogP contribution in [0.25, 0.3) is 11.1 Å². The third-order valence-electron chi connectivity index (χ3n) is 3.91. The number of primary sulfonamides is 1. The van der Waals surface area contributed by atoms with Crippen LogP contribution in [0.2, 0.25) is 5.02 Å². The average molecular weight is 401 g/mol. The van der Waals surface area contributed by atoms with Crippen molar-refractivity contribution in [3.05, 3.63) is 83.4 Å². The molecule has 27 heavy (non-hydrogen) atoms. The molecule has 0 aliphatic carbocycles. The molecule has 0 bridgehead atoms. The Balaban J connectivity index is 1.88. The van der Waals surface area contributed by atoms with Crippen molar-refractivity contribution in [3.8, 4) is 11.1 Å². The molecule has 0 atom stereocenters. The fraction of sp³-hybridized carbons (Fsp3) is 0.0500. The van der Waals surface area contributed by atoms with Crippen LogP contribution in [0.4, 0.5) is 5.69 Å². The second-order valence-electron chi connectivity index (χ2n) is 5.98. The number of nitrogens with two attached hydrogens (primary N) is 1. The lowest BCUT2D eigenvalue weighted by atomic mass is 10.1. The highest BCUT2D eigenvalue weighted by atomic mass is 35.5. The lowest BCUT2D eigenvalue weighted by molar-refractivity contribution is -0.115. The summed E-state index contributed by atoms with van der Waals surface area (Å²) in [5.41, 5.74) is 2.31. The molecule has 3 rings (SSSR count). The van der Waals surface area contributed by atoms with E-state index in [1.807, 2.05) is 18.2 Å². The van der Waals surface area contributed by atoms with Gasteiger partial charge in [0.25, 0.3) is 0 Å².